The quantitative estimate of drug-likeness (QED) is 0.813. The molecule has 0 unspecified atom stereocenters. The van der Waals surface area contributed by atoms with Crippen LogP contribution >= 0.6 is 22.6 Å². The number of rotatable bonds is 4. The second-order valence-electron chi connectivity index (χ2n) is 4.87. The largest absolute Gasteiger partial charge is 0.282 e. The van der Waals surface area contributed by atoms with E-state index < -0.39 is 10.0 Å². The van der Waals surface area contributed by atoms with Crippen LogP contribution in [0.1, 0.15) is 32.1 Å². The lowest BCUT2D eigenvalue weighted by atomic mass is 9.91. The summed E-state index contributed by atoms with van der Waals surface area (Å²) in [4.78, 5) is 0. The summed E-state index contributed by atoms with van der Waals surface area (Å²) >= 11 is 2.14. The van der Waals surface area contributed by atoms with E-state index in [9.17, 15) is 8.42 Å². The minimum atomic E-state index is -3.21. The van der Waals surface area contributed by atoms with Crippen LogP contribution in [0.25, 0.3) is 0 Å². The number of nitrogens with one attached hydrogen (secondary N) is 1. The fourth-order valence-corrected chi connectivity index (χ4v) is 4.67. The summed E-state index contributed by atoms with van der Waals surface area (Å²) in [7, 11) is -3.21. The standard InChI is InChI=1S/C13H18INO2S/c14-12-8-4-5-9-13(12)15-18(16,17)10-11-6-2-1-3-7-11/h4-5,8-9,11,15H,1-3,6-7,10H2. The van der Waals surface area contributed by atoms with E-state index in [1.165, 1.54) is 19.3 Å². The summed E-state index contributed by atoms with van der Waals surface area (Å²) in [6, 6.07) is 7.46. The fraction of sp³-hybridized carbons (Fsp3) is 0.538. The smallest absolute Gasteiger partial charge is 0.233 e. The third-order valence-electron chi connectivity index (χ3n) is 3.32. The molecule has 5 heteroatoms. The SMILES string of the molecule is O=S(=O)(CC1CCCCC1)Nc1ccccc1I. The summed E-state index contributed by atoms with van der Waals surface area (Å²) in [6.45, 7) is 0. The Bertz CT molecular complexity index is 495. The highest BCUT2D eigenvalue weighted by Crippen LogP contribution is 2.26. The van der Waals surface area contributed by atoms with E-state index in [0.29, 0.717) is 11.6 Å². The molecule has 18 heavy (non-hydrogen) atoms. The summed E-state index contributed by atoms with van der Waals surface area (Å²) in [6.07, 6.45) is 5.69. The number of hydrogen-bond donors (Lipinski definition) is 1. The minimum Gasteiger partial charge on any atom is -0.282 e. The van der Waals surface area contributed by atoms with Crippen molar-refractivity contribution < 1.29 is 8.42 Å². The Kier molecular flexibility index (Phi) is 4.89. The lowest BCUT2D eigenvalue weighted by Gasteiger charge is -2.21. The third kappa shape index (κ3) is 4.12. The monoisotopic (exact) mass is 379 g/mol. The van der Waals surface area contributed by atoms with Crippen LogP contribution in [0.3, 0.4) is 0 Å². The van der Waals surface area contributed by atoms with Crippen molar-refractivity contribution in [3.63, 3.8) is 0 Å². The molecule has 1 N–H and O–H groups in total. The molecule has 1 saturated carbocycles. The predicted octanol–water partition coefficient (Wildman–Crippen LogP) is 3.61. The van der Waals surface area contributed by atoms with Crippen molar-refractivity contribution in [3.05, 3.63) is 27.8 Å². The molecule has 0 radical (unpaired) electrons. The zero-order valence-corrected chi connectivity index (χ0v) is 13.2. The van der Waals surface area contributed by atoms with Gasteiger partial charge in [-0.05, 0) is 53.5 Å². The van der Waals surface area contributed by atoms with Gasteiger partial charge >= 0.3 is 0 Å². The van der Waals surface area contributed by atoms with Crippen LogP contribution in [-0.2, 0) is 10.0 Å². The minimum absolute atomic E-state index is 0.262. The second kappa shape index (κ2) is 6.23. The van der Waals surface area contributed by atoms with Crippen molar-refractivity contribution in [2.45, 2.75) is 32.1 Å². The van der Waals surface area contributed by atoms with Gasteiger partial charge in [0.15, 0.2) is 0 Å². The Morgan fingerprint density at radius 1 is 1.17 bits per heavy atom. The van der Waals surface area contributed by atoms with Crippen molar-refractivity contribution in [1.29, 1.82) is 0 Å². The van der Waals surface area contributed by atoms with E-state index in [2.05, 4.69) is 27.3 Å². The van der Waals surface area contributed by atoms with Gasteiger partial charge < -0.3 is 0 Å². The van der Waals surface area contributed by atoms with Gasteiger partial charge in [0.05, 0.1) is 11.4 Å². The highest BCUT2D eigenvalue weighted by molar-refractivity contribution is 14.1. The lowest BCUT2D eigenvalue weighted by Crippen LogP contribution is -2.24. The first-order valence-electron chi connectivity index (χ1n) is 6.32. The van der Waals surface area contributed by atoms with Crippen LogP contribution in [-0.4, -0.2) is 14.2 Å². The maximum absolute atomic E-state index is 12.1. The highest BCUT2D eigenvalue weighted by atomic mass is 127. The Morgan fingerprint density at radius 2 is 1.83 bits per heavy atom. The van der Waals surface area contributed by atoms with E-state index in [0.717, 1.165) is 16.4 Å². The summed E-state index contributed by atoms with van der Waals surface area (Å²) in [5.41, 5.74) is 0.689. The molecule has 1 fully saturated rings. The number of benzene rings is 1. The molecule has 0 spiro atoms. The maximum Gasteiger partial charge on any atom is 0.233 e. The first kappa shape index (κ1) is 14.1. The Balaban J connectivity index is 2.01. The molecule has 0 aromatic heterocycles. The molecule has 1 aliphatic rings. The maximum atomic E-state index is 12.1. The van der Waals surface area contributed by atoms with Crippen molar-refractivity contribution in [3.8, 4) is 0 Å². The highest BCUT2D eigenvalue weighted by Gasteiger charge is 2.21. The molecule has 2 rings (SSSR count). The average Bonchev–Trinajstić information content (AvgIpc) is 2.32. The molecule has 1 aromatic carbocycles. The Hall–Kier alpha value is -0.300. The molecular formula is C13H18INO2S. The van der Waals surface area contributed by atoms with Gasteiger partial charge in [-0.1, -0.05) is 31.4 Å². The molecule has 0 saturated heterocycles. The molecule has 0 atom stereocenters. The number of anilines is 1. The van der Waals surface area contributed by atoms with E-state index in [-0.39, 0.29) is 5.75 Å². The van der Waals surface area contributed by atoms with Gasteiger partial charge in [0, 0.05) is 3.57 Å². The molecule has 1 aliphatic carbocycles. The average molecular weight is 379 g/mol. The van der Waals surface area contributed by atoms with Gasteiger partial charge in [0.2, 0.25) is 10.0 Å². The van der Waals surface area contributed by atoms with Crippen LogP contribution < -0.4 is 4.72 Å². The zero-order valence-electron chi connectivity index (χ0n) is 10.2. The van der Waals surface area contributed by atoms with Gasteiger partial charge in [-0.2, -0.15) is 0 Å². The van der Waals surface area contributed by atoms with Crippen molar-refractivity contribution in [2.75, 3.05) is 10.5 Å². The molecular weight excluding hydrogens is 361 g/mol. The van der Waals surface area contributed by atoms with Crippen LogP contribution in [0.4, 0.5) is 5.69 Å². The first-order valence-corrected chi connectivity index (χ1v) is 9.05. The second-order valence-corrected chi connectivity index (χ2v) is 7.80. The fourth-order valence-electron chi connectivity index (χ4n) is 2.42. The normalized spacial score (nSPS) is 17.6. The van der Waals surface area contributed by atoms with Gasteiger partial charge in [-0.3, -0.25) is 4.72 Å². The zero-order chi connectivity index (χ0) is 13.0. The molecule has 0 bridgehead atoms. The van der Waals surface area contributed by atoms with Gasteiger partial charge in [-0.25, -0.2) is 8.42 Å². The van der Waals surface area contributed by atoms with Gasteiger partial charge in [0.1, 0.15) is 0 Å². The van der Waals surface area contributed by atoms with E-state index in [1.54, 1.807) is 6.07 Å². The molecule has 1 aromatic rings. The molecule has 0 heterocycles. The lowest BCUT2D eigenvalue weighted by molar-refractivity contribution is 0.385. The summed E-state index contributed by atoms with van der Waals surface area (Å²) in [5.74, 6) is 0.593. The summed E-state index contributed by atoms with van der Waals surface area (Å²) in [5, 5.41) is 0. The third-order valence-corrected chi connectivity index (χ3v) is 5.70. The van der Waals surface area contributed by atoms with Crippen LogP contribution in [0, 0.1) is 9.49 Å². The van der Waals surface area contributed by atoms with E-state index in [1.807, 2.05) is 18.2 Å². The Morgan fingerprint density at radius 3 is 2.50 bits per heavy atom. The summed E-state index contributed by atoms with van der Waals surface area (Å²) < 4.78 is 27.8. The van der Waals surface area contributed by atoms with Gasteiger partial charge in [-0.15, -0.1) is 0 Å². The van der Waals surface area contributed by atoms with Crippen LogP contribution in [0.2, 0.25) is 0 Å². The molecule has 3 nitrogen and oxygen atoms in total. The number of halogens is 1. The molecule has 100 valence electrons. The van der Waals surface area contributed by atoms with Gasteiger partial charge in [0.25, 0.3) is 0 Å². The number of hydrogen-bond acceptors (Lipinski definition) is 2. The van der Waals surface area contributed by atoms with Crippen LogP contribution in [0.5, 0.6) is 0 Å². The van der Waals surface area contributed by atoms with Crippen molar-refractivity contribution >= 4 is 38.3 Å². The van der Waals surface area contributed by atoms with Crippen molar-refractivity contribution in [2.24, 2.45) is 5.92 Å². The van der Waals surface area contributed by atoms with E-state index in [4.69, 9.17) is 0 Å². The Labute approximate surface area is 123 Å². The van der Waals surface area contributed by atoms with Crippen LogP contribution in [0.15, 0.2) is 24.3 Å². The molecule has 0 amide bonds. The number of sulfonamides is 1. The van der Waals surface area contributed by atoms with E-state index >= 15 is 0 Å². The first-order chi connectivity index (χ1) is 8.57. The molecule has 0 aliphatic heterocycles. The van der Waals surface area contributed by atoms with Crippen molar-refractivity contribution in [1.82, 2.24) is 0 Å². The topological polar surface area (TPSA) is 46.2 Å². The number of para-hydroxylation sites is 1. The predicted molar refractivity (Wildman–Crippen MR) is 83.1 cm³/mol.